The quantitative estimate of drug-likeness (QED) is 0.112. The third kappa shape index (κ3) is 9.86. The Morgan fingerprint density at radius 2 is 0.651 bits per heavy atom. The third-order valence-electron chi connectivity index (χ3n) is 9.22. The predicted octanol–water partition coefficient (Wildman–Crippen LogP) is 13.2. The number of benzene rings is 4. The molecule has 0 amide bonds. The zero-order valence-electron chi connectivity index (χ0n) is 32.6. The van der Waals surface area contributed by atoms with Crippen molar-refractivity contribution in [3.63, 3.8) is 0 Å². The van der Waals surface area contributed by atoms with E-state index < -0.39 is 52.0 Å². The smallest absolute Gasteiger partial charge is 0.231 e. The Balaban J connectivity index is 1.15. The Labute approximate surface area is 353 Å². The summed E-state index contributed by atoms with van der Waals surface area (Å²) < 4.78 is 136. The van der Waals surface area contributed by atoms with Crippen LogP contribution >= 0.6 is 0 Å². The highest BCUT2D eigenvalue weighted by Crippen LogP contribution is 2.39. The van der Waals surface area contributed by atoms with Gasteiger partial charge >= 0.3 is 0 Å². The van der Waals surface area contributed by atoms with Gasteiger partial charge in [0.15, 0.2) is 0 Å². The molecule has 16 heteroatoms. The molecule has 63 heavy (non-hydrogen) atoms. The number of nitrogens with zero attached hydrogens (tertiary/aromatic N) is 4. The van der Waals surface area contributed by atoms with Gasteiger partial charge in [0.05, 0.1) is 33.9 Å². The summed E-state index contributed by atoms with van der Waals surface area (Å²) in [7, 11) is 0. The summed E-state index contributed by atoms with van der Waals surface area (Å²) in [5.41, 5.74) is 1.02. The molecule has 0 atom stereocenters. The average Bonchev–Trinajstić information content (AvgIpc) is 3.20. The molecule has 0 spiro atoms. The topological polar surface area (TPSA) is 88.5 Å². The van der Waals surface area contributed by atoms with E-state index in [2.05, 4.69) is 9.97 Å². The minimum atomic E-state index is -0.971. The van der Waals surface area contributed by atoms with Crippen molar-refractivity contribution in [3.8, 4) is 69.0 Å². The van der Waals surface area contributed by atoms with Crippen LogP contribution in [0.1, 0.15) is 25.2 Å². The molecule has 4 aromatic carbocycles. The van der Waals surface area contributed by atoms with Gasteiger partial charge in [-0.25, -0.2) is 35.1 Å². The second kappa shape index (κ2) is 17.2. The minimum absolute atomic E-state index is 0.170. The van der Waals surface area contributed by atoms with Gasteiger partial charge in [0.2, 0.25) is 23.5 Å². The number of halogens is 8. The summed E-state index contributed by atoms with van der Waals surface area (Å²) in [6.07, 6.45) is 0. The van der Waals surface area contributed by atoms with Crippen LogP contribution in [0.15, 0.2) is 133 Å². The number of pyridine rings is 4. The normalized spacial score (nSPS) is 11.3. The molecule has 8 nitrogen and oxygen atoms in total. The first-order chi connectivity index (χ1) is 30.1. The summed E-state index contributed by atoms with van der Waals surface area (Å²) in [4.78, 5) is 18.5. The SMILES string of the molecule is CC(C)(c1cccc(-c2ccc(Oc3cc(F)cc(F)c3)nc2Oc2cc(F)cc(F)c2)n1)c1cccc(-c2ccc(Oc3cc(F)cc(F)c3)nc2Oc2cc(F)cc(F)c2)n1. The van der Waals surface area contributed by atoms with Crippen molar-refractivity contribution in [2.45, 2.75) is 19.3 Å². The molecule has 0 saturated heterocycles. The number of ether oxygens (including phenoxy) is 4. The molecule has 0 saturated carbocycles. The largest absolute Gasteiger partial charge is 0.439 e. The lowest BCUT2D eigenvalue weighted by atomic mass is 9.84. The van der Waals surface area contributed by atoms with Gasteiger partial charge in [-0.2, -0.15) is 9.97 Å². The summed E-state index contributed by atoms with van der Waals surface area (Å²) in [5, 5.41) is 0. The molecule has 8 aromatic rings. The molecule has 0 fully saturated rings. The first kappa shape index (κ1) is 41.8. The molecule has 0 aliphatic heterocycles. The summed E-state index contributed by atoms with van der Waals surface area (Å²) in [5.74, 6) is -8.99. The average molecular weight is 865 g/mol. The minimum Gasteiger partial charge on any atom is -0.439 e. The van der Waals surface area contributed by atoms with E-state index in [1.54, 1.807) is 36.4 Å². The van der Waals surface area contributed by atoms with E-state index >= 15 is 0 Å². The van der Waals surface area contributed by atoms with Crippen molar-refractivity contribution in [1.29, 1.82) is 0 Å². The van der Waals surface area contributed by atoms with Crippen molar-refractivity contribution in [2.75, 3.05) is 0 Å². The van der Waals surface area contributed by atoms with E-state index in [1.165, 1.54) is 24.3 Å². The fraction of sp³-hybridized carbons (Fsp3) is 0.0638. The van der Waals surface area contributed by atoms with E-state index in [1.807, 2.05) is 13.8 Å². The molecule has 316 valence electrons. The first-order valence-corrected chi connectivity index (χ1v) is 18.7. The van der Waals surface area contributed by atoms with Crippen LogP contribution < -0.4 is 18.9 Å². The van der Waals surface area contributed by atoms with E-state index in [0.29, 0.717) is 35.7 Å². The van der Waals surface area contributed by atoms with Gasteiger partial charge < -0.3 is 18.9 Å². The van der Waals surface area contributed by atoms with Crippen molar-refractivity contribution in [2.24, 2.45) is 0 Å². The second-order valence-corrected chi connectivity index (χ2v) is 14.3. The van der Waals surface area contributed by atoms with Crippen molar-refractivity contribution >= 4 is 0 Å². The van der Waals surface area contributed by atoms with Crippen LogP contribution in [0.5, 0.6) is 46.5 Å². The fourth-order valence-electron chi connectivity index (χ4n) is 6.32. The molecule has 4 heterocycles. The lowest BCUT2D eigenvalue weighted by molar-refractivity contribution is 0.418. The summed E-state index contributed by atoms with van der Waals surface area (Å²) >= 11 is 0. The molecule has 8 rings (SSSR count). The zero-order chi connectivity index (χ0) is 44.4. The van der Waals surface area contributed by atoms with Gasteiger partial charge in [0, 0.05) is 90.3 Å². The molecule has 0 aliphatic rings. The van der Waals surface area contributed by atoms with E-state index in [4.69, 9.17) is 28.9 Å². The lowest BCUT2D eigenvalue weighted by Gasteiger charge is -2.25. The standard InChI is InChI=1S/C47H28F8N4O4/c1-47(2,41-7-3-5-39(56-41)37-9-11-43(60-33-17-25(48)13-26(49)18-33)58-45(37)62-35-21-29(52)15-30(53)22-35)42-8-4-6-40(57-42)38-10-12-44(61-34-19-27(50)14-28(51)20-34)59-46(38)63-36-23-31(54)16-32(55)24-36/h3-24H,1-2H3. The lowest BCUT2D eigenvalue weighted by Crippen LogP contribution is -2.22. The second-order valence-electron chi connectivity index (χ2n) is 14.3. The van der Waals surface area contributed by atoms with E-state index in [9.17, 15) is 35.1 Å². The van der Waals surface area contributed by atoms with Gasteiger partial charge in [-0.1, -0.05) is 12.1 Å². The Morgan fingerprint density at radius 3 is 0.968 bits per heavy atom. The van der Waals surface area contributed by atoms with Gasteiger partial charge in [0.25, 0.3) is 0 Å². The van der Waals surface area contributed by atoms with Crippen LogP contribution in [0.2, 0.25) is 0 Å². The number of hydrogen-bond donors (Lipinski definition) is 0. The van der Waals surface area contributed by atoms with Crippen LogP contribution in [0.3, 0.4) is 0 Å². The highest BCUT2D eigenvalue weighted by Gasteiger charge is 2.28. The van der Waals surface area contributed by atoms with Crippen molar-refractivity contribution in [3.05, 3.63) is 191 Å². The molecule has 0 N–H and O–H groups in total. The Bertz CT molecular complexity index is 2740. The molecule has 0 unspecified atom stereocenters. The maximum absolute atomic E-state index is 14.2. The Morgan fingerprint density at radius 1 is 0.349 bits per heavy atom. The third-order valence-corrected chi connectivity index (χ3v) is 9.22. The van der Waals surface area contributed by atoms with Crippen LogP contribution in [0.25, 0.3) is 22.5 Å². The highest BCUT2D eigenvalue weighted by atomic mass is 19.2. The predicted molar refractivity (Wildman–Crippen MR) is 213 cm³/mol. The van der Waals surface area contributed by atoms with Gasteiger partial charge in [-0.15, -0.1) is 0 Å². The van der Waals surface area contributed by atoms with Gasteiger partial charge in [-0.3, -0.25) is 9.97 Å². The van der Waals surface area contributed by atoms with Crippen LogP contribution in [-0.2, 0) is 5.41 Å². The molecule has 4 aromatic heterocycles. The summed E-state index contributed by atoms with van der Waals surface area (Å²) in [6.45, 7) is 3.68. The number of hydrogen-bond acceptors (Lipinski definition) is 8. The van der Waals surface area contributed by atoms with E-state index in [-0.39, 0.29) is 69.0 Å². The fourth-order valence-corrected chi connectivity index (χ4v) is 6.32. The van der Waals surface area contributed by atoms with Gasteiger partial charge in [0.1, 0.15) is 69.5 Å². The molecule has 0 radical (unpaired) electrons. The van der Waals surface area contributed by atoms with Crippen LogP contribution in [-0.4, -0.2) is 19.9 Å². The molecule has 0 aliphatic carbocycles. The Kier molecular flexibility index (Phi) is 11.4. The summed E-state index contributed by atoms with van der Waals surface area (Å²) in [6, 6.07) is 26.1. The molecule has 0 bridgehead atoms. The van der Waals surface area contributed by atoms with Crippen molar-refractivity contribution < 1.29 is 54.1 Å². The number of aromatic nitrogens is 4. The van der Waals surface area contributed by atoms with Crippen molar-refractivity contribution in [1.82, 2.24) is 19.9 Å². The Hall–Kier alpha value is -7.88. The maximum Gasteiger partial charge on any atom is 0.231 e. The zero-order valence-corrected chi connectivity index (χ0v) is 32.6. The number of rotatable bonds is 12. The molecular formula is C47H28F8N4O4. The van der Waals surface area contributed by atoms with Crippen LogP contribution in [0, 0.1) is 46.5 Å². The first-order valence-electron chi connectivity index (χ1n) is 18.7. The molecular weight excluding hydrogens is 837 g/mol. The highest BCUT2D eigenvalue weighted by molar-refractivity contribution is 5.68. The maximum atomic E-state index is 14.2. The van der Waals surface area contributed by atoms with Gasteiger partial charge in [-0.05, 0) is 50.2 Å². The van der Waals surface area contributed by atoms with E-state index in [0.717, 1.165) is 48.5 Å². The van der Waals surface area contributed by atoms with Crippen LogP contribution in [0.4, 0.5) is 35.1 Å². The monoisotopic (exact) mass is 864 g/mol.